The van der Waals surface area contributed by atoms with Crippen molar-refractivity contribution in [1.29, 1.82) is 0 Å². The second kappa shape index (κ2) is 13.5. The lowest BCUT2D eigenvalue weighted by Gasteiger charge is -2.14. The summed E-state index contributed by atoms with van der Waals surface area (Å²) in [6.07, 6.45) is 4.19. The SMILES string of the molecule is C=CCc1cc(CN=C(NCC)NCc2coc(-c3ccccc3)n2)cc(OC)c1OC.I. The predicted molar refractivity (Wildman–Crippen MR) is 142 cm³/mol. The summed E-state index contributed by atoms with van der Waals surface area (Å²) in [7, 11) is 3.28. The number of ether oxygens (including phenoxy) is 2. The first kappa shape index (κ1) is 26.2. The van der Waals surface area contributed by atoms with Crippen LogP contribution in [0.25, 0.3) is 11.5 Å². The highest BCUT2D eigenvalue weighted by Crippen LogP contribution is 2.33. The van der Waals surface area contributed by atoms with Gasteiger partial charge < -0.3 is 24.5 Å². The molecular formula is C25H31IN4O3. The van der Waals surface area contributed by atoms with E-state index in [1.807, 2.05) is 49.4 Å². The van der Waals surface area contributed by atoms with Crippen LogP contribution >= 0.6 is 24.0 Å². The Morgan fingerprint density at radius 1 is 1.15 bits per heavy atom. The van der Waals surface area contributed by atoms with Gasteiger partial charge in [0, 0.05) is 17.7 Å². The third-order valence-corrected chi connectivity index (χ3v) is 4.75. The molecule has 8 heteroatoms. The molecular weight excluding hydrogens is 531 g/mol. The van der Waals surface area contributed by atoms with E-state index in [1.54, 1.807) is 20.5 Å². The predicted octanol–water partition coefficient (Wildman–Crippen LogP) is 4.96. The smallest absolute Gasteiger partial charge is 0.226 e. The highest BCUT2D eigenvalue weighted by atomic mass is 127. The average molecular weight is 562 g/mol. The summed E-state index contributed by atoms with van der Waals surface area (Å²) in [5, 5.41) is 6.57. The van der Waals surface area contributed by atoms with Gasteiger partial charge in [0.15, 0.2) is 17.5 Å². The quantitative estimate of drug-likeness (QED) is 0.157. The van der Waals surface area contributed by atoms with Crippen LogP contribution in [0.3, 0.4) is 0 Å². The number of guanidine groups is 1. The highest BCUT2D eigenvalue weighted by Gasteiger charge is 2.12. The Morgan fingerprint density at radius 2 is 1.94 bits per heavy atom. The molecule has 0 radical (unpaired) electrons. The molecule has 0 bridgehead atoms. The third-order valence-electron chi connectivity index (χ3n) is 4.75. The van der Waals surface area contributed by atoms with Crippen LogP contribution in [-0.2, 0) is 19.5 Å². The van der Waals surface area contributed by atoms with Gasteiger partial charge in [-0.05, 0) is 43.2 Å². The summed E-state index contributed by atoms with van der Waals surface area (Å²) in [4.78, 5) is 9.26. The lowest BCUT2D eigenvalue weighted by molar-refractivity contribution is 0.352. The number of rotatable bonds is 10. The molecule has 0 saturated carbocycles. The fourth-order valence-electron chi connectivity index (χ4n) is 3.29. The van der Waals surface area contributed by atoms with Gasteiger partial charge in [-0.25, -0.2) is 9.98 Å². The van der Waals surface area contributed by atoms with Crippen molar-refractivity contribution in [3.63, 3.8) is 0 Å². The van der Waals surface area contributed by atoms with Crippen LogP contribution in [0, 0.1) is 0 Å². The molecule has 0 amide bonds. The van der Waals surface area contributed by atoms with E-state index >= 15 is 0 Å². The number of hydrogen-bond acceptors (Lipinski definition) is 5. The number of nitrogens with one attached hydrogen (secondary N) is 2. The Hall–Kier alpha value is -3.01. The van der Waals surface area contributed by atoms with Crippen molar-refractivity contribution >= 4 is 29.9 Å². The highest BCUT2D eigenvalue weighted by molar-refractivity contribution is 14.0. The first-order valence-electron chi connectivity index (χ1n) is 10.5. The molecule has 0 aliphatic heterocycles. The molecule has 0 atom stereocenters. The van der Waals surface area contributed by atoms with E-state index in [0.29, 0.717) is 37.1 Å². The minimum absolute atomic E-state index is 0. The minimum Gasteiger partial charge on any atom is -0.493 e. The fraction of sp³-hybridized carbons (Fsp3) is 0.280. The van der Waals surface area contributed by atoms with Crippen LogP contribution in [0.1, 0.15) is 23.7 Å². The average Bonchev–Trinajstić information content (AvgIpc) is 3.30. The van der Waals surface area contributed by atoms with Gasteiger partial charge in [-0.15, -0.1) is 30.6 Å². The van der Waals surface area contributed by atoms with Crippen molar-refractivity contribution in [3.05, 3.63) is 78.2 Å². The van der Waals surface area contributed by atoms with Gasteiger partial charge in [-0.3, -0.25) is 0 Å². The first-order valence-corrected chi connectivity index (χ1v) is 10.5. The summed E-state index contributed by atoms with van der Waals surface area (Å²) in [5.74, 6) is 2.71. The van der Waals surface area contributed by atoms with E-state index in [2.05, 4.69) is 28.3 Å². The van der Waals surface area contributed by atoms with Gasteiger partial charge in [0.25, 0.3) is 0 Å². The molecule has 1 heterocycles. The van der Waals surface area contributed by atoms with Crippen molar-refractivity contribution in [2.45, 2.75) is 26.4 Å². The second-order valence-corrected chi connectivity index (χ2v) is 7.04. The Kier molecular flexibility index (Phi) is 10.8. The largest absolute Gasteiger partial charge is 0.493 e. The van der Waals surface area contributed by atoms with E-state index in [1.165, 1.54) is 0 Å². The Labute approximate surface area is 212 Å². The van der Waals surface area contributed by atoms with Crippen LogP contribution < -0.4 is 20.1 Å². The fourth-order valence-corrected chi connectivity index (χ4v) is 3.29. The zero-order valence-electron chi connectivity index (χ0n) is 19.3. The maximum atomic E-state index is 5.61. The molecule has 0 aliphatic rings. The Morgan fingerprint density at radius 3 is 2.61 bits per heavy atom. The number of methoxy groups -OCH3 is 2. The number of halogens is 1. The van der Waals surface area contributed by atoms with E-state index in [4.69, 9.17) is 18.9 Å². The van der Waals surface area contributed by atoms with Gasteiger partial charge in [-0.2, -0.15) is 0 Å². The van der Waals surface area contributed by atoms with Crippen molar-refractivity contribution in [2.24, 2.45) is 4.99 Å². The van der Waals surface area contributed by atoms with Gasteiger partial charge >= 0.3 is 0 Å². The van der Waals surface area contributed by atoms with Crippen molar-refractivity contribution in [1.82, 2.24) is 15.6 Å². The monoisotopic (exact) mass is 562 g/mol. The summed E-state index contributed by atoms with van der Waals surface area (Å²) >= 11 is 0. The zero-order valence-corrected chi connectivity index (χ0v) is 21.6. The van der Waals surface area contributed by atoms with Crippen LogP contribution in [0.2, 0.25) is 0 Å². The van der Waals surface area contributed by atoms with Crippen LogP contribution in [0.5, 0.6) is 11.5 Å². The number of aliphatic imine (C=N–C) groups is 1. The Bertz CT molecular complexity index is 1050. The maximum Gasteiger partial charge on any atom is 0.226 e. The number of nitrogens with zero attached hydrogens (tertiary/aromatic N) is 2. The van der Waals surface area contributed by atoms with Crippen LogP contribution in [0.4, 0.5) is 0 Å². The maximum absolute atomic E-state index is 5.61. The molecule has 3 rings (SSSR count). The van der Waals surface area contributed by atoms with Crippen molar-refractivity contribution < 1.29 is 13.9 Å². The molecule has 0 fully saturated rings. The lowest BCUT2D eigenvalue weighted by atomic mass is 10.1. The Balaban J connectivity index is 0.00000385. The molecule has 33 heavy (non-hydrogen) atoms. The molecule has 0 saturated heterocycles. The number of allylic oxidation sites excluding steroid dienone is 1. The third kappa shape index (κ3) is 7.24. The van der Waals surface area contributed by atoms with Crippen LogP contribution in [-0.4, -0.2) is 31.7 Å². The minimum atomic E-state index is 0. The lowest BCUT2D eigenvalue weighted by Crippen LogP contribution is -2.36. The van der Waals surface area contributed by atoms with Gasteiger partial charge in [0.05, 0.1) is 33.0 Å². The summed E-state index contributed by atoms with van der Waals surface area (Å²) in [5.41, 5.74) is 3.78. The molecule has 176 valence electrons. The topological polar surface area (TPSA) is 80.9 Å². The van der Waals surface area contributed by atoms with E-state index < -0.39 is 0 Å². The molecule has 0 unspecified atom stereocenters. The molecule has 0 aliphatic carbocycles. The summed E-state index contributed by atoms with van der Waals surface area (Å²) in [6.45, 7) is 7.58. The molecule has 7 nitrogen and oxygen atoms in total. The van der Waals surface area contributed by atoms with E-state index in [9.17, 15) is 0 Å². The standard InChI is InChI=1S/C25H30N4O3.HI/c1-5-10-20-13-18(14-22(30-3)23(20)31-4)15-27-25(26-6-2)28-16-21-17-32-24(29-21)19-11-8-7-9-12-19;/h5,7-9,11-14,17H,1,6,10,15-16H2,2-4H3,(H2,26,27,28);1H. The molecule has 0 spiro atoms. The van der Waals surface area contributed by atoms with Gasteiger partial charge in [0.2, 0.25) is 5.89 Å². The van der Waals surface area contributed by atoms with E-state index in [0.717, 1.165) is 34.7 Å². The number of benzene rings is 2. The van der Waals surface area contributed by atoms with Gasteiger partial charge in [-0.1, -0.05) is 24.3 Å². The van der Waals surface area contributed by atoms with Gasteiger partial charge in [0.1, 0.15) is 6.26 Å². The number of oxazole rings is 1. The van der Waals surface area contributed by atoms with E-state index in [-0.39, 0.29) is 24.0 Å². The molecule has 2 aromatic carbocycles. The zero-order chi connectivity index (χ0) is 22.8. The normalized spacial score (nSPS) is 10.8. The first-order chi connectivity index (χ1) is 15.7. The number of hydrogen-bond donors (Lipinski definition) is 2. The molecule has 2 N–H and O–H groups in total. The molecule has 3 aromatic rings. The second-order valence-electron chi connectivity index (χ2n) is 7.04. The summed E-state index contributed by atoms with van der Waals surface area (Å²) < 4.78 is 16.6. The molecule has 1 aromatic heterocycles. The summed E-state index contributed by atoms with van der Waals surface area (Å²) in [6, 6.07) is 13.8. The van der Waals surface area contributed by atoms with Crippen molar-refractivity contribution in [3.8, 4) is 23.0 Å². The number of aromatic nitrogens is 1. The van der Waals surface area contributed by atoms with Crippen LogP contribution in [0.15, 0.2) is 70.8 Å². The van der Waals surface area contributed by atoms with Crippen molar-refractivity contribution in [2.75, 3.05) is 20.8 Å².